The molecular weight excluding hydrogens is 126 g/mol. The third-order valence-electron chi connectivity index (χ3n) is 1.35. The van der Waals surface area contributed by atoms with Crippen LogP contribution < -0.4 is 5.73 Å². The summed E-state index contributed by atoms with van der Waals surface area (Å²) in [6, 6.07) is 7.17. The van der Waals surface area contributed by atoms with Gasteiger partial charge in [-0.25, -0.2) is 0 Å². The Balaban J connectivity index is 2.69. The first-order chi connectivity index (χ1) is 4.83. The fourth-order valence-corrected chi connectivity index (χ4v) is 0.801. The lowest BCUT2D eigenvalue weighted by molar-refractivity contribution is 0.299. The summed E-state index contributed by atoms with van der Waals surface area (Å²) in [6.07, 6.45) is 0.681. The van der Waals surface area contributed by atoms with E-state index in [-0.39, 0.29) is 6.61 Å². The van der Waals surface area contributed by atoms with Gasteiger partial charge in [0.1, 0.15) is 0 Å². The highest BCUT2D eigenvalue weighted by Gasteiger charge is 1.89. The summed E-state index contributed by atoms with van der Waals surface area (Å²) in [6.45, 7) is 0.178. The van der Waals surface area contributed by atoms with Crippen LogP contribution >= 0.6 is 0 Å². The first kappa shape index (κ1) is 7.09. The molecule has 1 aromatic carbocycles. The second-order valence-corrected chi connectivity index (χ2v) is 2.17. The van der Waals surface area contributed by atoms with Gasteiger partial charge in [-0.15, -0.1) is 0 Å². The minimum absolute atomic E-state index is 0.178. The molecule has 0 unspecified atom stereocenters. The maximum atomic E-state index is 8.54. The molecule has 0 aliphatic carbocycles. The molecule has 0 fully saturated rings. The molecule has 0 amide bonds. The zero-order valence-corrected chi connectivity index (χ0v) is 5.67. The molecule has 1 aromatic rings. The fourth-order valence-electron chi connectivity index (χ4n) is 0.801. The molecule has 0 saturated heterocycles. The largest absolute Gasteiger partial charge is 0.396 e. The molecule has 2 N–H and O–H groups in total. The minimum atomic E-state index is 0.178. The maximum absolute atomic E-state index is 8.54. The summed E-state index contributed by atoms with van der Waals surface area (Å²) < 4.78 is 0. The van der Waals surface area contributed by atoms with E-state index >= 15 is 0 Å². The first-order valence-corrected chi connectivity index (χ1v) is 3.24. The van der Waals surface area contributed by atoms with Crippen LogP contribution in [0, 0.1) is 0 Å². The second kappa shape index (κ2) is 3.22. The molecule has 0 saturated carbocycles. The van der Waals surface area contributed by atoms with Crippen LogP contribution in [-0.4, -0.2) is 11.7 Å². The van der Waals surface area contributed by atoms with Crippen molar-refractivity contribution in [3.8, 4) is 0 Å². The Hall–Kier alpha value is -1.02. The molecule has 0 heterocycles. The molecule has 0 spiro atoms. The van der Waals surface area contributed by atoms with Gasteiger partial charge in [0.05, 0.1) is 5.69 Å². The van der Waals surface area contributed by atoms with Crippen molar-refractivity contribution in [3.05, 3.63) is 29.8 Å². The van der Waals surface area contributed by atoms with Crippen molar-refractivity contribution in [1.82, 2.24) is 5.73 Å². The predicted molar refractivity (Wildman–Crippen MR) is 40.0 cm³/mol. The van der Waals surface area contributed by atoms with E-state index in [1.165, 1.54) is 0 Å². The Morgan fingerprint density at radius 2 is 1.80 bits per heavy atom. The number of nitrogens with one attached hydrogen (secondary N) is 1. The SMILES string of the molecule is [NH]c1ccc(CCO)cc1. The summed E-state index contributed by atoms with van der Waals surface area (Å²) in [5, 5.41) is 8.54. The van der Waals surface area contributed by atoms with Gasteiger partial charge in [0, 0.05) is 6.61 Å². The van der Waals surface area contributed by atoms with Crippen LogP contribution in [0.25, 0.3) is 0 Å². The number of rotatable bonds is 2. The van der Waals surface area contributed by atoms with Crippen LogP contribution in [-0.2, 0) is 6.42 Å². The van der Waals surface area contributed by atoms with Crippen molar-refractivity contribution in [2.45, 2.75) is 6.42 Å². The molecule has 0 aliphatic rings. The Labute approximate surface area is 60.3 Å². The van der Waals surface area contributed by atoms with Gasteiger partial charge in [0.15, 0.2) is 0 Å². The van der Waals surface area contributed by atoms with Crippen LogP contribution in [0.4, 0.5) is 5.69 Å². The van der Waals surface area contributed by atoms with Crippen LogP contribution in [0.3, 0.4) is 0 Å². The predicted octanol–water partition coefficient (Wildman–Crippen LogP) is 1.14. The molecule has 53 valence electrons. The van der Waals surface area contributed by atoms with E-state index in [0.29, 0.717) is 12.1 Å². The molecule has 2 heteroatoms. The summed E-state index contributed by atoms with van der Waals surface area (Å²) in [5.74, 6) is 0. The van der Waals surface area contributed by atoms with Gasteiger partial charge in [-0.3, -0.25) is 0 Å². The fraction of sp³-hybridized carbons (Fsp3) is 0.250. The topological polar surface area (TPSA) is 44.0 Å². The summed E-state index contributed by atoms with van der Waals surface area (Å²) in [7, 11) is 0. The van der Waals surface area contributed by atoms with E-state index in [2.05, 4.69) is 0 Å². The molecule has 0 atom stereocenters. The Morgan fingerprint density at radius 1 is 1.20 bits per heavy atom. The van der Waals surface area contributed by atoms with E-state index < -0.39 is 0 Å². The molecular formula is C8H10NO. The maximum Gasteiger partial charge on any atom is 0.0540 e. The van der Waals surface area contributed by atoms with Gasteiger partial charge in [0.25, 0.3) is 0 Å². The van der Waals surface area contributed by atoms with E-state index in [0.717, 1.165) is 5.56 Å². The molecule has 10 heavy (non-hydrogen) atoms. The molecule has 0 aliphatic heterocycles. The average molecular weight is 136 g/mol. The number of hydrogen-bond acceptors (Lipinski definition) is 1. The average Bonchev–Trinajstić information content (AvgIpc) is 1.95. The first-order valence-electron chi connectivity index (χ1n) is 3.24. The highest BCUT2D eigenvalue weighted by atomic mass is 16.2. The highest BCUT2D eigenvalue weighted by Crippen LogP contribution is 2.06. The van der Waals surface area contributed by atoms with Crippen molar-refractivity contribution in [1.29, 1.82) is 0 Å². The summed E-state index contributed by atoms with van der Waals surface area (Å²) >= 11 is 0. The van der Waals surface area contributed by atoms with E-state index in [4.69, 9.17) is 10.8 Å². The van der Waals surface area contributed by atoms with Gasteiger partial charge < -0.3 is 10.8 Å². The second-order valence-electron chi connectivity index (χ2n) is 2.17. The lowest BCUT2D eigenvalue weighted by Crippen LogP contribution is -1.88. The highest BCUT2D eigenvalue weighted by molar-refractivity contribution is 5.35. The number of aliphatic hydroxyl groups is 1. The molecule has 0 aromatic heterocycles. The third-order valence-corrected chi connectivity index (χ3v) is 1.35. The monoisotopic (exact) mass is 136 g/mol. The normalized spacial score (nSPS) is 9.70. The van der Waals surface area contributed by atoms with Gasteiger partial charge in [-0.1, -0.05) is 12.1 Å². The van der Waals surface area contributed by atoms with Crippen molar-refractivity contribution in [2.24, 2.45) is 0 Å². The Kier molecular flexibility index (Phi) is 2.29. The van der Waals surface area contributed by atoms with Crippen molar-refractivity contribution < 1.29 is 5.11 Å². The zero-order chi connectivity index (χ0) is 7.40. The van der Waals surface area contributed by atoms with Crippen LogP contribution in [0.5, 0.6) is 0 Å². The molecule has 0 bridgehead atoms. The third kappa shape index (κ3) is 1.74. The van der Waals surface area contributed by atoms with Crippen LogP contribution in [0.1, 0.15) is 5.56 Å². The van der Waals surface area contributed by atoms with Gasteiger partial charge >= 0.3 is 0 Å². The minimum Gasteiger partial charge on any atom is -0.396 e. The number of hydrogen-bond donors (Lipinski definition) is 1. The van der Waals surface area contributed by atoms with Gasteiger partial charge in [-0.05, 0) is 24.1 Å². The molecule has 2 nitrogen and oxygen atoms in total. The summed E-state index contributed by atoms with van der Waals surface area (Å²) in [5.41, 5.74) is 8.76. The van der Waals surface area contributed by atoms with Crippen molar-refractivity contribution in [3.63, 3.8) is 0 Å². The summed E-state index contributed by atoms with van der Waals surface area (Å²) in [4.78, 5) is 0. The van der Waals surface area contributed by atoms with E-state index in [1.807, 2.05) is 12.1 Å². The lowest BCUT2D eigenvalue weighted by atomic mass is 10.1. The van der Waals surface area contributed by atoms with Crippen molar-refractivity contribution in [2.75, 3.05) is 6.61 Å². The standard InChI is InChI=1S/C8H10NO/c9-8-3-1-7(2-4-8)5-6-10/h1-4,9-10H,5-6H2. The number of benzene rings is 1. The smallest absolute Gasteiger partial charge is 0.0540 e. The quantitative estimate of drug-likeness (QED) is 0.650. The Bertz CT molecular complexity index is 193. The van der Waals surface area contributed by atoms with Gasteiger partial charge in [-0.2, -0.15) is 0 Å². The lowest BCUT2D eigenvalue weighted by Gasteiger charge is -1.96. The van der Waals surface area contributed by atoms with Crippen LogP contribution in [0.15, 0.2) is 24.3 Å². The Morgan fingerprint density at radius 3 is 2.30 bits per heavy atom. The zero-order valence-electron chi connectivity index (χ0n) is 5.67. The number of aliphatic hydroxyl groups excluding tert-OH is 1. The molecule has 1 rings (SSSR count). The van der Waals surface area contributed by atoms with Gasteiger partial charge in [0.2, 0.25) is 0 Å². The van der Waals surface area contributed by atoms with Crippen LogP contribution in [0.2, 0.25) is 0 Å². The molecule has 1 radical (unpaired) electrons. The van der Waals surface area contributed by atoms with E-state index in [1.54, 1.807) is 12.1 Å². The van der Waals surface area contributed by atoms with E-state index in [9.17, 15) is 0 Å². The van der Waals surface area contributed by atoms with Crippen molar-refractivity contribution >= 4 is 5.69 Å².